The van der Waals surface area contributed by atoms with Gasteiger partial charge in [-0.2, -0.15) is 0 Å². The average Bonchev–Trinajstić information content (AvgIpc) is 2.86. The van der Waals surface area contributed by atoms with Gasteiger partial charge in [0, 0.05) is 32.5 Å². The Labute approximate surface area is 158 Å². The molecule has 1 aromatic rings. The topological polar surface area (TPSA) is 95.6 Å². The van der Waals surface area contributed by atoms with Crippen molar-refractivity contribution in [3.8, 4) is 0 Å². The maximum atomic E-state index is 12.2. The van der Waals surface area contributed by atoms with Gasteiger partial charge in [0.1, 0.15) is 0 Å². The Morgan fingerprint density at radius 2 is 1.59 bits per heavy atom. The maximum Gasteiger partial charge on any atom is 0.261 e. The van der Waals surface area contributed by atoms with Crippen molar-refractivity contribution in [1.82, 2.24) is 15.5 Å². The Morgan fingerprint density at radius 3 is 2.19 bits per heavy atom. The van der Waals surface area contributed by atoms with Gasteiger partial charge >= 0.3 is 0 Å². The third kappa shape index (κ3) is 4.72. The van der Waals surface area contributed by atoms with Crippen LogP contribution in [0.1, 0.15) is 59.2 Å². The predicted molar refractivity (Wildman–Crippen MR) is 99.0 cm³/mol. The standard InChI is InChI=1S/C20H25N3O4/c24-17(21-11-10-18(25)22-13-14-5-3-6-14)9-4-12-23-19(26)15-7-1-2-8-16(15)20(23)27/h1-2,7-8,14H,3-6,9-13H2,(H,21,24)(H,22,25). The van der Waals surface area contributed by atoms with Crippen LogP contribution >= 0.6 is 0 Å². The van der Waals surface area contributed by atoms with Crippen LogP contribution in [0.5, 0.6) is 0 Å². The van der Waals surface area contributed by atoms with Crippen molar-refractivity contribution in [2.45, 2.75) is 38.5 Å². The smallest absolute Gasteiger partial charge is 0.261 e. The van der Waals surface area contributed by atoms with E-state index >= 15 is 0 Å². The molecule has 1 aromatic carbocycles. The number of imide groups is 1. The molecule has 0 unspecified atom stereocenters. The van der Waals surface area contributed by atoms with E-state index in [9.17, 15) is 19.2 Å². The number of hydrogen-bond acceptors (Lipinski definition) is 4. The van der Waals surface area contributed by atoms with Gasteiger partial charge in [0.05, 0.1) is 11.1 Å². The SMILES string of the molecule is O=C(CCCN1C(=O)c2ccccc2C1=O)NCCC(=O)NCC1CCC1. The highest BCUT2D eigenvalue weighted by atomic mass is 16.2. The molecule has 0 aromatic heterocycles. The first-order chi connectivity index (χ1) is 13.1. The summed E-state index contributed by atoms with van der Waals surface area (Å²) in [5.74, 6) is -0.226. The molecular formula is C20H25N3O4. The first kappa shape index (κ1) is 19.1. The summed E-state index contributed by atoms with van der Waals surface area (Å²) >= 11 is 0. The highest BCUT2D eigenvalue weighted by molar-refractivity contribution is 6.21. The van der Waals surface area contributed by atoms with E-state index in [-0.39, 0.29) is 43.0 Å². The largest absolute Gasteiger partial charge is 0.356 e. The minimum atomic E-state index is -0.306. The van der Waals surface area contributed by atoms with Gasteiger partial charge < -0.3 is 10.6 Å². The molecular weight excluding hydrogens is 346 g/mol. The Kier molecular flexibility index (Phi) is 6.21. The quantitative estimate of drug-likeness (QED) is 0.643. The molecule has 144 valence electrons. The summed E-state index contributed by atoms with van der Waals surface area (Å²) in [5.41, 5.74) is 0.833. The molecule has 27 heavy (non-hydrogen) atoms. The number of benzene rings is 1. The van der Waals surface area contributed by atoms with Crippen LogP contribution in [0.2, 0.25) is 0 Å². The van der Waals surface area contributed by atoms with Gasteiger partial charge in [0.15, 0.2) is 0 Å². The summed E-state index contributed by atoms with van der Waals surface area (Å²) in [7, 11) is 0. The van der Waals surface area contributed by atoms with Crippen LogP contribution in [0.15, 0.2) is 24.3 Å². The van der Waals surface area contributed by atoms with E-state index in [4.69, 9.17) is 0 Å². The zero-order valence-electron chi connectivity index (χ0n) is 15.3. The third-order valence-electron chi connectivity index (χ3n) is 5.15. The molecule has 0 radical (unpaired) electrons. The molecule has 7 heteroatoms. The molecule has 7 nitrogen and oxygen atoms in total. The van der Waals surface area contributed by atoms with E-state index in [2.05, 4.69) is 10.6 Å². The molecule has 0 saturated heterocycles. The Morgan fingerprint density at radius 1 is 0.963 bits per heavy atom. The number of hydrogen-bond donors (Lipinski definition) is 2. The van der Waals surface area contributed by atoms with Gasteiger partial charge in [-0.3, -0.25) is 24.1 Å². The molecule has 0 atom stereocenters. The van der Waals surface area contributed by atoms with Crippen molar-refractivity contribution in [3.63, 3.8) is 0 Å². The number of fused-ring (bicyclic) bond motifs is 1. The molecule has 0 spiro atoms. The van der Waals surface area contributed by atoms with Crippen LogP contribution < -0.4 is 10.6 Å². The predicted octanol–water partition coefficient (Wildman–Crippen LogP) is 1.49. The summed E-state index contributed by atoms with van der Waals surface area (Å²) < 4.78 is 0. The highest BCUT2D eigenvalue weighted by Crippen LogP contribution is 2.25. The second-order valence-corrected chi connectivity index (χ2v) is 7.11. The molecule has 1 aliphatic carbocycles. The molecule has 1 saturated carbocycles. The Bertz CT molecular complexity index is 707. The van der Waals surface area contributed by atoms with E-state index < -0.39 is 0 Å². The fraction of sp³-hybridized carbons (Fsp3) is 0.500. The minimum Gasteiger partial charge on any atom is -0.356 e. The van der Waals surface area contributed by atoms with Crippen molar-refractivity contribution in [2.75, 3.05) is 19.6 Å². The zero-order chi connectivity index (χ0) is 19.2. The fourth-order valence-corrected chi connectivity index (χ4v) is 3.29. The second-order valence-electron chi connectivity index (χ2n) is 7.11. The van der Waals surface area contributed by atoms with Gasteiger partial charge in [-0.15, -0.1) is 0 Å². The number of carbonyl (C=O) groups excluding carboxylic acids is 4. The summed E-state index contributed by atoms with van der Waals surface area (Å²) in [5, 5.41) is 5.59. The van der Waals surface area contributed by atoms with Crippen molar-refractivity contribution < 1.29 is 19.2 Å². The molecule has 4 amide bonds. The van der Waals surface area contributed by atoms with E-state index in [0.717, 1.165) is 6.54 Å². The van der Waals surface area contributed by atoms with Gasteiger partial charge in [-0.05, 0) is 37.3 Å². The van der Waals surface area contributed by atoms with Gasteiger partial charge in [-0.25, -0.2) is 0 Å². The van der Waals surface area contributed by atoms with Crippen LogP contribution in [-0.4, -0.2) is 48.2 Å². The summed E-state index contributed by atoms with van der Waals surface area (Å²) in [4.78, 5) is 49.2. The Balaban J connectivity index is 1.30. The van der Waals surface area contributed by atoms with Crippen molar-refractivity contribution in [1.29, 1.82) is 0 Å². The maximum absolute atomic E-state index is 12.2. The van der Waals surface area contributed by atoms with Crippen molar-refractivity contribution in [3.05, 3.63) is 35.4 Å². The number of nitrogens with one attached hydrogen (secondary N) is 2. The number of carbonyl (C=O) groups is 4. The normalized spacial score (nSPS) is 16.1. The number of nitrogens with zero attached hydrogens (tertiary/aromatic N) is 1. The van der Waals surface area contributed by atoms with Crippen LogP contribution in [0, 0.1) is 5.92 Å². The average molecular weight is 371 g/mol. The van der Waals surface area contributed by atoms with Crippen LogP contribution in [0.3, 0.4) is 0 Å². The van der Waals surface area contributed by atoms with Crippen LogP contribution in [0.25, 0.3) is 0 Å². The summed E-state index contributed by atoms with van der Waals surface area (Å²) in [6.45, 7) is 1.23. The summed E-state index contributed by atoms with van der Waals surface area (Å²) in [6.07, 6.45) is 4.48. The van der Waals surface area contributed by atoms with E-state index in [1.165, 1.54) is 24.2 Å². The fourth-order valence-electron chi connectivity index (χ4n) is 3.29. The first-order valence-corrected chi connectivity index (χ1v) is 9.55. The minimum absolute atomic E-state index is 0.0479. The van der Waals surface area contributed by atoms with Gasteiger partial charge in [-0.1, -0.05) is 18.6 Å². The van der Waals surface area contributed by atoms with E-state index in [0.29, 0.717) is 30.0 Å². The van der Waals surface area contributed by atoms with E-state index in [1.807, 2.05) is 0 Å². The molecule has 3 rings (SSSR count). The summed E-state index contributed by atoms with van der Waals surface area (Å²) in [6, 6.07) is 6.73. The molecule has 1 fully saturated rings. The monoisotopic (exact) mass is 371 g/mol. The lowest BCUT2D eigenvalue weighted by Crippen LogP contribution is -2.35. The van der Waals surface area contributed by atoms with Crippen molar-refractivity contribution >= 4 is 23.6 Å². The second kappa shape index (κ2) is 8.79. The lowest BCUT2D eigenvalue weighted by Gasteiger charge is -2.25. The van der Waals surface area contributed by atoms with Crippen LogP contribution in [0.4, 0.5) is 0 Å². The molecule has 2 N–H and O–H groups in total. The van der Waals surface area contributed by atoms with Crippen LogP contribution in [-0.2, 0) is 9.59 Å². The molecule has 1 aliphatic heterocycles. The zero-order valence-corrected chi connectivity index (χ0v) is 15.3. The van der Waals surface area contributed by atoms with Gasteiger partial charge in [0.25, 0.3) is 11.8 Å². The van der Waals surface area contributed by atoms with E-state index in [1.54, 1.807) is 24.3 Å². The molecule has 0 bridgehead atoms. The highest BCUT2D eigenvalue weighted by Gasteiger charge is 2.34. The Hall–Kier alpha value is -2.70. The van der Waals surface area contributed by atoms with Crippen molar-refractivity contribution in [2.24, 2.45) is 5.92 Å². The molecule has 1 heterocycles. The van der Waals surface area contributed by atoms with Gasteiger partial charge in [0.2, 0.25) is 11.8 Å². The lowest BCUT2D eigenvalue weighted by molar-refractivity contribution is -0.122. The number of amides is 4. The number of rotatable bonds is 9. The first-order valence-electron chi connectivity index (χ1n) is 9.55. The lowest BCUT2D eigenvalue weighted by atomic mass is 9.85. The third-order valence-corrected chi connectivity index (χ3v) is 5.15. The molecule has 2 aliphatic rings.